The maximum Gasteiger partial charge on any atom is 0.252 e. The lowest BCUT2D eigenvalue weighted by Gasteiger charge is -2.20. The van der Waals surface area contributed by atoms with Crippen LogP contribution in [0.3, 0.4) is 0 Å². The number of sulfonamides is 1. The van der Waals surface area contributed by atoms with E-state index in [-0.39, 0.29) is 42.3 Å². The Morgan fingerprint density at radius 1 is 1.35 bits per heavy atom. The third-order valence-corrected chi connectivity index (χ3v) is 7.61. The van der Waals surface area contributed by atoms with Crippen molar-refractivity contribution < 1.29 is 16.8 Å². The fourth-order valence-corrected chi connectivity index (χ4v) is 5.06. The van der Waals surface area contributed by atoms with Gasteiger partial charge in [0.25, 0.3) is 10.0 Å². The first-order chi connectivity index (χ1) is 11.6. The molecular weight excluding hydrogens is 511 g/mol. The van der Waals surface area contributed by atoms with Gasteiger partial charge in [-0.3, -0.25) is 4.99 Å². The first-order valence-corrected chi connectivity index (χ1v) is 12.1. The predicted molar refractivity (Wildman–Crippen MR) is 118 cm³/mol. The lowest BCUT2D eigenvalue weighted by atomic mass is 10.3. The molecule has 0 fully saturated rings. The quantitative estimate of drug-likeness (QED) is 0.276. The number of hydrogen-bond acceptors (Lipinski definition) is 6. The molecule has 152 valence electrons. The molecule has 1 atom stereocenters. The Morgan fingerprint density at radius 3 is 2.50 bits per heavy atom. The van der Waals surface area contributed by atoms with E-state index in [1.165, 1.54) is 28.9 Å². The standard InChI is InChI=1S/C14H26N4O4S3.HI/c1-12(7-11-24(4,19)20)17-14(15-2)16-8-9-18(3)25(21,22)13-6-5-10-23-13;/h5-6,10,12H,7-9,11H2,1-4H3,(H2,15,16,17);1H. The molecule has 1 aromatic heterocycles. The van der Waals surface area contributed by atoms with Crippen molar-refractivity contribution >= 4 is 61.1 Å². The molecule has 2 N–H and O–H groups in total. The Bertz CT molecular complexity index is 764. The average Bonchev–Trinajstić information content (AvgIpc) is 3.06. The molecule has 0 spiro atoms. The Labute approximate surface area is 177 Å². The highest BCUT2D eigenvalue weighted by Crippen LogP contribution is 2.19. The van der Waals surface area contributed by atoms with Crippen molar-refractivity contribution in [3.63, 3.8) is 0 Å². The highest BCUT2D eigenvalue weighted by atomic mass is 127. The molecule has 0 aromatic carbocycles. The van der Waals surface area contributed by atoms with E-state index in [4.69, 9.17) is 0 Å². The molecule has 0 aliphatic carbocycles. The zero-order valence-corrected chi connectivity index (χ0v) is 20.1. The molecular formula is C14H27IN4O4S3. The van der Waals surface area contributed by atoms with Crippen LogP contribution < -0.4 is 10.6 Å². The number of thiophene rings is 1. The molecule has 1 heterocycles. The predicted octanol–water partition coefficient (Wildman–Crippen LogP) is 0.975. The van der Waals surface area contributed by atoms with E-state index in [1.807, 2.05) is 6.92 Å². The lowest BCUT2D eigenvalue weighted by Crippen LogP contribution is -2.45. The normalized spacial score (nSPS) is 14.0. The molecule has 0 aliphatic rings. The number of halogens is 1. The van der Waals surface area contributed by atoms with E-state index in [2.05, 4.69) is 15.6 Å². The van der Waals surface area contributed by atoms with Crippen molar-refractivity contribution in [2.24, 2.45) is 4.99 Å². The van der Waals surface area contributed by atoms with Crippen LogP contribution in [0.2, 0.25) is 0 Å². The Hall–Kier alpha value is -0.440. The van der Waals surface area contributed by atoms with Crippen LogP contribution in [0.1, 0.15) is 13.3 Å². The Balaban J connectivity index is 0.00000625. The minimum absolute atomic E-state index is 0. The summed E-state index contributed by atoms with van der Waals surface area (Å²) in [6.07, 6.45) is 1.67. The largest absolute Gasteiger partial charge is 0.355 e. The molecule has 12 heteroatoms. The molecule has 0 bridgehead atoms. The molecule has 0 aliphatic heterocycles. The second-order valence-corrected chi connectivity index (χ2v) is 11.2. The molecule has 0 amide bonds. The smallest absolute Gasteiger partial charge is 0.252 e. The van der Waals surface area contributed by atoms with Gasteiger partial charge in [-0.2, -0.15) is 4.31 Å². The van der Waals surface area contributed by atoms with Crippen LogP contribution in [0, 0.1) is 0 Å². The van der Waals surface area contributed by atoms with Crippen LogP contribution in [0.4, 0.5) is 0 Å². The summed E-state index contributed by atoms with van der Waals surface area (Å²) in [6, 6.07) is 3.20. The number of hydrogen-bond donors (Lipinski definition) is 2. The van der Waals surface area contributed by atoms with Crippen molar-refractivity contribution in [3.8, 4) is 0 Å². The first-order valence-electron chi connectivity index (χ1n) is 7.71. The number of rotatable bonds is 9. The van der Waals surface area contributed by atoms with Gasteiger partial charge in [-0.05, 0) is 24.8 Å². The maximum absolute atomic E-state index is 12.3. The lowest BCUT2D eigenvalue weighted by molar-refractivity contribution is 0.470. The number of nitrogens with zero attached hydrogens (tertiary/aromatic N) is 2. The molecule has 1 aromatic rings. The van der Waals surface area contributed by atoms with E-state index < -0.39 is 19.9 Å². The summed E-state index contributed by atoms with van der Waals surface area (Å²) >= 11 is 1.18. The summed E-state index contributed by atoms with van der Waals surface area (Å²) in [7, 11) is -3.33. The van der Waals surface area contributed by atoms with Gasteiger partial charge in [0.1, 0.15) is 14.0 Å². The first kappa shape index (κ1) is 25.6. The van der Waals surface area contributed by atoms with E-state index >= 15 is 0 Å². The molecule has 1 rings (SSSR count). The molecule has 0 saturated heterocycles. The highest BCUT2D eigenvalue weighted by Gasteiger charge is 2.21. The van der Waals surface area contributed by atoms with Crippen LogP contribution in [-0.4, -0.2) is 72.3 Å². The fraction of sp³-hybridized carbons (Fsp3) is 0.643. The van der Waals surface area contributed by atoms with Crippen LogP contribution in [-0.2, 0) is 19.9 Å². The van der Waals surface area contributed by atoms with Gasteiger partial charge in [-0.15, -0.1) is 35.3 Å². The Kier molecular flexibility index (Phi) is 11.2. The highest BCUT2D eigenvalue weighted by molar-refractivity contribution is 14.0. The summed E-state index contributed by atoms with van der Waals surface area (Å²) < 4.78 is 48.6. The van der Waals surface area contributed by atoms with Gasteiger partial charge in [0.15, 0.2) is 5.96 Å². The van der Waals surface area contributed by atoms with Gasteiger partial charge in [0.05, 0.1) is 5.75 Å². The van der Waals surface area contributed by atoms with Crippen molar-refractivity contribution in [2.75, 3.05) is 39.2 Å². The fourth-order valence-electron chi connectivity index (χ4n) is 1.91. The second-order valence-electron chi connectivity index (χ2n) is 5.72. The number of likely N-dealkylation sites (N-methyl/N-ethyl adjacent to an activating group) is 1. The van der Waals surface area contributed by atoms with Crippen molar-refractivity contribution in [1.82, 2.24) is 14.9 Å². The topological polar surface area (TPSA) is 108 Å². The average molecular weight is 538 g/mol. The van der Waals surface area contributed by atoms with E-state index in [9.17, 15) is 16.8 Å². The summed E-state index contributed by atoms with van der Waals surface area (Å²) in [5, 5.41) is 7.85. The van der Waals surface area contributed by atoms with Crippen LogP contribution >= 0.6 is 35.3 Å². The number of aliphatic imine (C=N–C) groups is 1. The zero-order chi connectivity index (χ0) is 19.1. The molecule has 0 radical (unpaired) electrons. The van der Waals surface area contributed by atoms with E-state index in [0.717, 1.165) is 0 Å². The van der Waals surface area contributed by atoms with Gasteiger partial charge >= 0.3 is 0 Å². The van der Waals surface area contributed by atoms with Gasteiger partial charge in [0.2, 0.25) is 0 Å². The van der Waals surface area contributed by atoms with Gasteiger partial charge < -0.3 is 10.6 Å². The van der Waals surface area contributed by atoms with Crippen LogP contribution in [0.5, 0.6) is 0 Å². The number of sulfone groups is 1. The van der Waals surface area contributed by atoms with Crippen molar-refractivity contribution in [2.45, 2.75) is 23.6 Å². The number of guanidine groups is 1. The number of nitrogens with one attached hydrogen (secondary N) is 2. The minimum atomic E-state index is -3.46. The van der Waals surface area contributed by atoms with Gasteiger partial charge in [0, 0.05) is 39.5 Å². The van der Waals surface area contributed by atoms with Gasteiger partial charge in [-0.1, -0.05) is 6.07 Å². The summed E-state index contributed by atoms with van der Waals surface area (Å²) in [4.78, 5) is 4.06. The molecule has 0 saturated carbocycles. The SMILES string of the molecule is CN=C(NCCN(C)S(=O)(=O)c1cccs1)NC(C)CCS(C)(=O)=O.I. The summed E-state index contributed by atoms with van der Waals surface area (Å²) in [5.41, 5.74) is 0. The summed E-state index contributed by atoms with van der Waals surface area (Å²) in [5.74, 6) is 0.600. The maximum atomic E-state index is 12.3. The Morgan fingerprint density at radius 2 is 2.00 bits per heavy atom. The zero-order valence-electron chi connectivity index (χ0n) is 15.3. The van der Waals surface area contributed by atoms with Crippen LogP contribution in [0.25, 0.3) is 0 Å². The summed E-state index contributed by atoms with van der Waals surface area (Å²) in [6.45, 7) is 2.52. The van der Waals surface area contributed by atoms with Crippen molar-refractivity contribution in [3.05, 3.63) is 17.5 Å². The molecule has 26 heavy (non-hydrogen) atoms. The van der Waals surface area contributed by atoms with E-state index in [0.29, 0.717) is 23.1 Å². The van der Waals surface area contributed by atoms with Crippen LogP contribution in [0.15, 0.2) is 26.7 Å². The molecule has 1 unspecified atom stereocenters. The van der Waals surface area contributed by atoms with Gasteiger partial charge in [-0.25, -0.2) is 16.8 Å². The molecule has 8 nitrogen and oxygen atoms in total. The van der Waals surface area contributed by atoms with E-state index in [1.54, 1.807) is 24.6 Å². The monoisotopic (exact) mass is 538 g/mol. The second kappa shape index (κ2) is 11.4. The van der Waals surface area contributed by atoms with Crippen molar-refractivity contribution in [1.29, 1.82) is 0 Å². The third-order valence-electron chi connectivity index (χ3n) is 3.41. The minimum Gasteiger partial charge on any atom is -0.355 e. The third kappa shape index (κ3) is 8.97.